The first-order valence-electron chi connectivity index (χ1n) is 4.37. The van der Waals surface area contributed by atoms with Gasteiger partial charge in [0.05, 0.1) is 11.2 Å². The number of ether oxygens (including phenoxy) is 1. The molecule has 5 heteroatoms. The van der Waals surface area contributed by atoms with Crippen molar-refractivity contribution in [3.05, 3.63) is 11.8 Å². The molecule has 0 saturated carbocycles. The number of nitrogens with one attached hydrogen (secondary N) is 2. The second-order valence-corrected chi connectivity index (χ2v) is 3.63. The molecular weight excluding hydrogens is 196 g/mol. The maximum atomic E-state index is 11.4. The minimum Gasteiger partial charge on any atom is -0.456 e. The van der Waals surface area contributed by atoms with Gasteiger partial charge in [-0.15, -0.1) is 6.42 Å². The van der Waals surface area contributed by atoms with Crippen molar-refractivity contribution in [1.29, 1.82) is 0 Å². The number of cyclic esters (lactones) is 1. The molecule has 0 atom stereocenters. The van der Waals surface area contributed by atoms with Crippen LogP contribution in [0.3, 0.4) is 0 Å². The second kappa shape index (κ2) is 4.05. The zero-order valence-electron chi connectivity index (χ0n) is 8.59. The van der Waals surface area contributed by atoms with Crippen LogP contribution < -0.4 is 10.6 Å². The Morgan fingerprint density at radius 3 is 2.80 bits per heavy atom. The first-order chi connectivity index (χ1) is 6.93. The maximum absolute atomic E-state index is 11.4. The molecule has 0 aromatic rings. The van der Waals surface area contributed by atoms with E-state index in [-0.39, 0.29) is 6.61 Å². The molecule has 0 fully saturated rings. The van der Waals surface area contributed by atoms with E-state index in [2.05, 4.69) is 21.3 Å². The van der Waals surface area contributed by atoms with Crippen molar-refractivity contribution in [2.75, 3.05) is 6.61 Å². The van der Waals surface area contributed by atoms with Gasteiger partial charge in [-0.3, -0.25) is 0 Å². The zero-order valence-corrected chi connectivity index (χ0v) is 8.59. The normalized spacial score (nSPS) is 15.0. The highest BCUT2D eigenvalue weighted by Crippen LogP contribution is 2.03. The summed E-state index contributed by atoms with van der Waals surface area (Å²) in [5.41, 5.74) is -0.306. The van der Waals surface area contributed by atoms with E-state index in [1.807, 2.05) is 0 Å². The molecule has 2 amide bonds. The number of terminal acetylenes is 1. The molecule has 0 aromatic heterocycles. The number of urea groups is 1. The summed E-state index contributed by atoms with van der Waals surface area (Å²) in [6.07, 6.45) is 6.42. The highest BCUT2D eigenvalue weighted by atomic mass is 16.5. The first-order valence-corrected chi connectivity index (χ1v) is 4.37. The Morgan fingerprint density at radius 2 is 2.33 bits per heavy atom. The minimum atomic E-state index is -0.728. The van der Waals surface area contributed by atoms with Crippen molar-refractivity contribution in [3.63, 3.8) is 0 Å². The molecule has 2 N–H and O–H groups in total. The van der Waals surface area contributed by atoms with Gasteiger partial charge in [0.2, 0.25) is 0 Å². The van der Waals surface area contributed by atoms with Gasteiger partial charge in [0, 0.05) is 6.08 Å². The number of carbonyl (C=O) groups excluding carboxylic acids is 2. The van der Waals surface area contributed by atoms with E-state index in [1.54, 1.807) is 13.8 Å². The van der Waals surface area contributed by atoms with Crippen LogP contribution in [0.15, 0.2) is 11.8 Å². The van der Waals surface area contributed by atoms with Crippen LogP contribution in [0.4, 0.5) is 4.79 Å². The molecule has 1 heterocycles. The summed E-state index contributed by atoms with van der Waals surface area (Å²) >= 11 is 0. The van der Waals surface area contributed by atoms with Gasteiger partial charge in [-0.25, -0.2) is 9.59 Å². The summed E-state index contributed by atoms with van der Waals surface area (Å²) in [4.78, 5) is 22.0. The third-order valence-corrected chi connectivity index (χ3v) is 1.72. The SMILES string of the molecule is C#CC(C)(C)NC(=O)NC1=CC(=O)OC1. The van der Waals surface area contributed by atoms with Gasteiger partial charge in [0.15, 0.2) is 0 Å². The second-order valence-electron chi connectivity index (χ2n) is 3.63. The Hall–Kier alpha value is -1.96. The lowest BCUT2D eigenvalue weighted by Gasteiger charge is -2.19. The van der Waals surface area contributed by atoms with Crippen molar-refractivity contribution in [1.82, 2.24) is 10.6 Å². The van der Waals surface area contributed by atoms with Gasteiger partial charge >= 0.3 is 12.0 Å². The summed E-state index contributed by atoms with van der Waals surface area (Å²) < 4.78 is 4.61. The summed E-state index contributed by atoms with van der Waals surface area (Å²) in [6, 6.07) is -0.456. The monoisotopic (exact) mass is 208 g/mol. The van der Waals surface area contributed by atoms with Gasteiger partial charge in [0.1, 0.15) is 6.61 Å². The van der Waals surface area contributed by atoms with E-state index in [1.165, 1.54) is 6.08 Å². The van der Waals surface area contributed by atoms with Crippen LogP contribution in [-0.4, -0.2) is 24.1 Å². The Kier molecular flexibility index (Phi) is 3.00. The van der Waals surface area contributed by atoms with E-state index in [0.717, 1.165) is 0 Å². The lowest BCUT2D eigenvalue weighted by atomic mass is 10.1. The fraction of sp³-hybridized carbons (Fsp3) is 0.400. The molecule has 1 rings (SSSR count). The van der Waals surface area contributed by atoms with Crippen LogP contribution in [0.5, 0.6) is 0 Å². The molecule has 0 radical (unpaired) electrons. The van der Waals surface area contributed by atoms with Gasteiger partial charge in [-0.2, -0.15) is 0 Å². The Morgan fingerprint density at radius 1 is 1.67 bits per heavy atom. The molecule has 0 spiro atoms. The van der Waals surface area contributed by atoms with E-state index in [4.69, 9.17) is 6.42 Å². The van der Waals surface area contributed by atoms with Crippen molar-refractivity contribution in [2.45, 2.75) is 19.4 Å². The van der Waals surface area contributed by atoms with Crippen LogP contribution in [-0.2, 0) is 9.53 Å². The molecule has 0 bridgehead atoms. The van der Waals surface area contributed by atoms with Crippen LogP contribution in [0.25, 0.3) is 0 Å². The summed E-state index contributed by atoms with van der Waals surface area (Å²) in [5, 5.41) is 5.02. The van der Waals surface area contributed by atoms with Crippen molar-refractivity contribution in [2.24, 2.45) is 0 Å². The largest absolute Gasteiger partial charge is 0.456 e. The smallest absolute Gasteiger partial charge is 0.333 e. The maximum Gasteiger partial charge on any atom is 0.333 e. The number of rotatable bonds is 2. The van der Waals surface area contributed by atoms with Gasteiger partial charge in [-0.1, -0.05) is 5.92 Å². The van der Waals surface area contributed by atoms with E-state index < -0.39 is 17.5 Å². The van der Waals surface area contributed by atoms with Crippen molar-refractivity contribution in [3.8, 4) is 12.3 Å². The van der Waals surface area contributed by atoms with Gasteiger partial charge in [-0.05, 0) is 13.8 Å². The molecule has 5 nitrogen and oxygen atoms in total. The third-order valence-electron chi connectivity index (χ3n) is 1.72. The van der Waals surface area contributed by atoms with Crippen LogP contribution in [0, 0.1) is 12.3 Å². The lowest BCUT2D eigenvalue weighted by molar-refractivity contribution is -0.134. The molecule has 0 aromatic carbocycles. The topological polar surface area (TPSA) is 67.4 Å². The van der Waals surface area contributed by atoms with Crippen LogP contribution in [0.2, 0.25) is 0 Å². The van der Waals surface area contributed by atoms with Crippen molar-refractivity contribution < 1.29 is 14.3 Å². The highest BCUT2D eigenvalue weighted by Gasteiger charge is 2.19. The number of esters is 1. The molecule has 0 aliphatic carbocycles. The fourth-order valence-electron chi connectivity index (χ4n) is 0.944. The average molecular weight is 208 g/mol. The van der Waals surface area contributed by atoms with Crippen molar-refractivity contribution >= 4 is 12.0 Å². The fourth-order valence-corrected chi connectivity index (χ4v) is 0.944. The number of hydrogen-bond acceptors (Lipinski definition) is 3. The van der Waals surface area contributed by atoms with E-state index >= 15 is 0 Å². The minimum absolute atomic E-state index is 0.0860. The molecule has 0 saturated heterocycles. The Labute approximate surface area is 87.9 Å². The average Bonchev–Trinajstić information content (AvgIpc) is 2.50. The van der Waals surface area contributed by atoms with Gasteiger partial charge in [0.25, 0.3) is 0 Å². The molecule has 1 aliphatic rings. The predicted octanol–water partition coefficient (Wildman–Crippen LogP) is 0.138. The summed E-state index contributed by atoms with van der Waals surface area (Å²) in [5.74, 6) is 1.96. The third kappa shape index (κ3) is 3.35. The quantitative estimate of drug-likeness (QED) is 0.501. The number of amides is 2. The Balaban J connectivity index is 2.48. The van der Waals surface area contributed by atoms with E-state index in [9.17, 15) is 9.59 Å². The van der Waals surface area contributed by atoms with Crippen LogP contribution in [0.1, 0.15) is 13.8 Å². The van der Waals surface area contributed by atoms with E-state index in [0.29, 0.717) is 5.70 Å². The molecular formula is C10H12N2O3. The standard InChI is InChI=1S/C10H12N2O3/c1-4-10(2,3)12-9(14)11-7-5-8(13)15-6-7/h1,5H,6H2,2-3H3,(H2,11,12,14). The number of hydrogen-bond donors (Lipinski definition) is 2. The first kappa shape index (κ1) is 11.1. The lowest BCUT2D eigenvalue weighted by Crippen LogP contribution is -2.47. The van der Waals surface area contributed by atoms with Crippen LogP contribution >= 0.6 is 0 Å². The molecule has 15 heavy (non-hydrogen) atoms. The summed E-state index contributed by atoms with van der Waals surface area (Å²) in [7, 11) is 0. The molecule has 1 aliphatic heterocycles. The molecule has 0 unspecified atom stereocenters. The summed E-state index contributed by atoms with van der Waals surface area (Å²) in [6.45, 7) is 3.47. The zero-order chi connectivity index (χ0) is 11.5. The molecule has 80 valence electrons. The number of carbonyl (C=O) groups is 2. The highest BCUT2D eigenvalue weighted by molar-refractivity contribution is 5.87. The Bertz CT molecular complexity index is 363. The predicted molar refractivity (Wildman–Crippen MR) is 53.6 cm³/mol. The van der Waals surface area contributed by atoms with Gasteiger partial charge < -0.3 is 15.4 Å².